The molecule has 0 saturated heterocycles. The highest BCUT2D eigenvalue weighted by molar-refractivity contribution is 5.90. The number of carboxylic acid groups (broad SMARTS) is 1. The second kappa shape index (κ2) is 6.35. The Balaban J connectivity index is 1.97. The van der Waals surface area contributed by atoms with Gasteiger partial charge in [-0.1, -0.05) is 18.2 Å². The molecule has 3 aromatic heterocycles. The van der Waals surface area contributed by atoms with Gasteiger partial charge in [-0.2, -0.15) is 0 Å². The van der Waals surface area contributed by atoms with E-state index >= 15 is 0 Å². The number of hydrogen-bond donors (Lipinski definition) is 1. The van der Waals surface area contributed by atoms with E-state index in [0.29, 0.717) is 22.8 Å². The zero-order valence-electron chi connectivity index (χ0n) is 15.2. The van der Waals surface area contributed by atoms with E-state index in [1.807, 2.05) is 56.1 Å². The molecular formula is C20H18N4O3. The number of rotatable bonds is 4. The Kier molecular flexibility index (Phi) is 3.99. The maximum Gasteiger partial charge on any atom is 0.354 e. The number of carboxylic acids is 1. The summed E-state index contributed by atoms with van der Waals surface area (Å²) in [7, 11) is 1.91. The predicted octanol–water partition coefficient (Wildman–Crippen LogP) is 3.98. The normalized spacial score (nSPS) is 11.4. The fourth-order valence-corrected chi connectivity index (χ4v) is 2.81. The number of para-hydroxylation sites is 1. The summed E-state index contributed by atoms with van der Waals surface area (Å²) in [5, 5.41) is 10.2. The SMILES string of the molecule is CC(C)N(C)c1nc2nc(C(=O)O)ccc2nc1-c1cc2ccccc2o1. The standard InChI is InChI=1S/C20H18N4O3/c1-11(2)24(3)19-17(16-10-12-6-4-5-7-15(12)27-16)21-13-8-9-14(20(25)26)22-18(13)23-19/h4-11H,1-3H3,(H,25,26). The Bertz CT molecular complexity index is 1130. The Morgan fingerprint density at radius 1 is 1.11 bits per heavy atom. The molecule has 0 saturated carbocycles. The predicted molar refractivity (Wildman–Crippen MR) is 103 cm³/mol. The molecule has 0 aliphatic carbocycles. The summed E-state index contributed by atoms with van der Waals surface area (Å²) >= 11 is 0. The van der Waals surface area contributed by atoms with Gasteiger partial charge in [-0.15, -0.1) is 0 Å². The number of aromatic carboxylic acids is 1. The van der Waals surface area contributed by atoms with Gasteiger partial charge >= 0.3 is 5.97 Å². The molecule has 0 atom stereocenters. The highest BCUT2D eigenvalue weighted by Crippen LogP contribution is 2.33. The molecule has 0 fully saturated rings. The second-order valence-corrected chi connectivity index (χ2v) is 6.59. The largest absolute Gasteiger partial charge is 0.477 e. The van der Waals surface area contributed by atoms with Crippen molar-refractivity contribution in [3.05, 3.63) is 48.2 Å². The smallest absolute Gasteiger partial charge is 0.354 e. The first-order chi connectivity index (χ1) is 12.9. The van der Waals surface area contributed by atoms with Crippen molar-refractivity contribution in [2.45, 2.75) is 19.9 Å². The van der Waals surface area contributed by atoms with Crippen molar-refractivity contribution in [2.75, 3.05) is 11.9 Å². The minimum atomic E-state index is -1.10. The van der Waals surface area contributed by atoms with Gasteiger partial charge < -0.3 is 14.4 Å². The molecule has 0 bridgehead atoms. The number of pyridine rings is 1. The van der Waals surface area contributed by atoms with Gasteiger partial charge in [0.05, 0.1) is 0 Å². The van der Waals surface area contributed by atoms with E-state index in [-0.39, 0.29) is 17.4 Å². The molecule has 1 aromatic carbocycles. The average Bonchev–Trinajstić information content (AvgIpc) is 3.09. The lowest BCUT2D eigenvalue weighted by Gasteiger charge is -2.24. The summed E-state index contributed by atoms with van der Waals surface area (Å²) < 4.78 is 5.99. The summed E-state index contributed by atoms with van der Waals surface area (Å²) in [6, 6.07) is 12.9. The van der Waals surface area contributed by atoms with E-state index in [1.165, 1.54) is 6.07 Å². The minimum absolute atomic E-state index is 0.0635. The molecular weight excluding hydrogens is 344 g/mol. The number of nitrogens with zero attached hydrogens (tertiary/aromatic N) is 4. The fourth-order valence-electron chi connectivity index (χ4n) is 2.81. The summed E-state index contributed by atoms with van der Waals surface area (Å²) in [6.07, 6.45) is 0. The Morgan fingerprint density at radius 2 is 1.89 bits per heavy atom. The molecule has 4 aromatic rings. The fraction of sp³-hybridized carbons (Fsp3) is 0.200. The summed E-state index contributed by atoms with van der Waals surface area (Å²) in [5.74, 6) is 0.0980. The Hall–Kier alpha value is -3.48. The van der Waals surface area contributed by atoms with Crippen LogP contribution in [0, 0.1) is 0 Å². The molecule has 27 heavy (non-hydrogen) atoms. The molecule has 0 aliphatic rings. The lowest BCUT2D eigenvalue weighted by molar-refractivity contribution is 0.0691. The number of carbonyl (C=O) groups is 1. The molecule has 0 amide bonds. The van der Waals surface area contributed by atoms with Crippen LogP contribution in [0.25, 0.3) is 33.6 Å². The number of aromatic nitrogens is 3. The molecule has 0 radical (unpaired) electrons. The van der Waals surface area contributed by atoms with Crippen LogP contribution in [0.4, 0.5) is 5.82 Å². The zero-order valence-corrected chi connectivity index (χ0v) is 15.2. The van der Waals surface area contributed by atoms with Crippen LogP contribution in [-0.2, 0) is 0 Å². The Morgan fingerprint density at radius 3 is 2.59 bits per heavy atom. The first kappa shape index (κ1) is 17.0. The van der Waals surface area contributed by atoms with E-state index in [0.717, 1.165) is 11.0 Å². The van der Waals surface area contributed by atoms with Gasteiger partial charge in [-0.05, 0) is 38.1 Å². The van der Waals surface area contributed by atoms with Crippen molar-refractivity contribution in [1.29, 1.82) is 0 Å². The highest BCUT2D eigenvalue weighted by atomic mass is 16.4. The van der Waals surface area contributed by atoms with Gasteiger partial charge in [-0.25, -0.2) is 19.7 Å². The van der Waals surface area contributed by atoms with Gasteiger partial charge in [0.1, 0.15) is 16.8 Å². The second-order valence-electron chi connectivity index (χ2n) is 6.59. The lowest BCUT2D eigenvalue weighted by Crippen LogP contribution is -2.27. The summed E-state index contributed by atoms with van der Waals surface area (Å²) in [4.78, 5) is 26.6. The number of anilines is 1. The third-order valence-corrected chi connectivity index (χ3v) is 4.50. The quantitative estimate of drug-likeness (QED) is 0.587. The van der Waals surface area contributed by atoms with Crippen LogP contribution in [0.3, 0.4) is 0 Å². The van der Waals surface area contributed by atoms with Gasteiger partial charge in [0, 0.05) is 18.5 Å². The van der Waals surface area contributed by atoms with Crippen molar-refractivity contribution in [3.63, 3.8) is 0 Å². The number of hydrogen-bond acceptors (Lipinski definition) is 6. The van der Waals surface area contributed by atoms with Gasteiger partial charge in [0.2, 0.25) is 0 Å². The lowest BCUT2D eigenvalue weighted by atomic mass is 10.2. The van der Waals surface area contributed by atoms with Crippen molar-refractivity contribution < 1.29 is 14.3 Å². The highest BCUT2D eigenvalue weighted by Gasteiger charge is 2.21. The average molecular weight is 362 g/mol. The topological polar surface area (TPSA) is 92.4 Å². The summed E-state index contributed by atoms with van der Waals surface area (Å²) in [5.41, 5.74) is 2.10. The molecule has 0 unspecified atom stereocenters. The van der Waals surface area contributed by atoms with Crippen LogP contribution in [0.5, 0.6) is 0 Å². The van der Waals surface area contributed by atoms with Gasteiger partial charge in [0.25, 0.3) is 0 Å². The van der Waals surface area contributed by atoms with Crippen LogP contribution < -0.4 is 4.90 Å². The Labute approximate surface area is 155 Å². The van der Waals surface area contributed by atoms with Crippen LogP contribution in [0.2, 0.25) is 0 Å². The molecule has 0 aliphatic heterocycles. The zero-order chi connectivity index (χ0) is 19.1. The summed E-state index contributed by atoms with van der Waals surface area (Å²) in [6.45, 7) is 4.07. The third kappa shape index (κ3) is 2.97. The molecule has 1 N–H and O–H groups in total. The monoisotopic (exact) mass is 362 g/mol. The first-order valence-corrected chi connectivity index (χ1v) is 8.58. The van der Waals surface area contributed by atoms with E-state index in [4.69, 9.17) is 9.40 Å². The molecule has 3 heterocycles. The minimum Gasteiger partial charge on any atom is -0.477 e. The molecule has 136 valence electrons. The number of furan rings is 1. The van der Waals surface area contributed by atoms with Crippen LogP contribution >= 0.6 is 0 Å². The molecule has 7 nitrogen and oxygen atoms in total. The van der Waals surface area contributed by atoms with Crippen LogP contribution in [0.15, 0.2) is 46.9 Å². The number of benzene rings is 1. The molecule has 0 spiro atoms. The van der Waals surface area contributed by atoms with E-state index in [2.05, 4.69) is 9.97 Å². The van der Waals surface area contributed by atoms with Gasteiger partial charge in [0.15, 0.2) is 22.9 Å². The maximum atomic E-state index is 11.2. The first-order valence-electron chi connectivity index (χ1n) is 8.58. The van der Waals surface area contributed by atoms with E-state index in [9.17, 15) is 9.90 Å². The third-order valence-electron chi connectivity index (χ3n) is 4.50. The van der Waals surface area contributed by atoms with Crippen molar-refractivity contribution in [1.82, 2.24) is 15.0 Å². The maximum absolute atomic E-state index is 11.2. The number of fused-ring (bicyclic) bond motifs is 2. The molecule has 4 rings (SSSR count). The van der Waals surface area contributed by atoms with Crippen molar-refractivity contribution in [2.24, 2.45) is 0 Å². The molecule has 7 heteroatoms. The van der Waals surface area contributed by atoms with Crippen molar-refractivity contribution in [3.8, 4) is 11.5 Å². The van der Waals surface area contributed by atoms with Gasteiger partial charge in [-0.3, -0.25) is 0 Å². The van der Waals surface area contributed by atoms with Crippen LogP contribution in [-0.4, -0.2) is 39.1 Å². The van der Waals surface area contributed by atoms with Crippen molar-refractivity contribution >= 4 is 33.9 Å². The van der Waals surface area contributed by atoms with Crippen LogP contribution in [0.1, 0.15) is 24.3 Å². The van der Waals surface area contributed by atoms with E-state index < -0.39 is 5.97 Å². The van der Waals surface area contributed by atoms with E-state index in [1.54, 1.807) is 6.07 Å².